The van der Waals surface area contributed by atoms with Crippen LogP contribution in [0.1, 0.15) is 24.4 Å². The average molecular weight is 240 g/mol. The van der Waals surface area contributed by atoms with E-state index in [0.29, 0.717) is 12.1 Å². The van der Waals surface area contributed by atoms with Crippen molar-refractivity contribution in [3.63, 3.8) is 0 Å². The van der Waals surface area contributed by atoms with E-state index in [4.69, 9.17) is 0 Å². The summed E-state index contributed by atoms with van der Waals surface area (Å²) in [6.07, 6.45) is 2.55. The van der Waals surface area contributed by atoms with Crippen LogP contribution in [0.4, 0.5) is 0 Å². The maximum atomic E-state index is 3.59. The van der Waals surface area contributed by atoms with Crippen LogP contribution < -0.4 is 10.6 Å². The number of nitrogens with one attached hydrogen (secondary N) is 2. The molecule has 0 amide bonds. The molecule has 2 aromatic rings. The van der Waals surface area contributed by atoms with Crippen molar-refractivity contribution in [3.05, 3.63) is 48.0 Å². The summed E-state index contributed by atoms with van der Waals surface area (Å²) in [4.78, 5) is 0. The third-order valence-electron chi connectivity index (χ3n) is 3.94. The lowest BCUT2D eigenvalue weighted by Gasteiger charge is -2.24. The molecule has 0 aromatic heterocycles. The molecule has 2 aromatic carbocycles. The summed E-state index contributed by atoms with van der Waals surface area (Å²) >= 11 is 0. The van der Waals surface area contributed by atoms with Crippen LogP contribution in [0.5, 0.6) is 0 Å². The maximum Gasteiger partial charge on any atom is 0.0473 e. The number of hydrogen-bond donors (Lipinski definition) is 2. The Hall–Kier alpha value is -1.38. The fourth-order valence-electron chi connectivity index (χ4n) is 3.00. The molecule has 2 nitrogen and oxygen atoms in total. The van der Waals surface area contributed by atoms with Crippen LogP contribution in [0.25, 0.3) is 10.8 Å². The molecule has 2 unspecified atom stereocenters. The van der Waals surface area contributed by atoms with Crippen LogP contribution in [0, 0.1) is 0 Å². The van der Waals surface area contributed by atoms with Crippen molar-refractivity contribution in [3.8, 4) is 0 Å². The molecular weight excluding hydrogens is 220 g/mol. The highest BCUT2D eigenvalue weighted by molar-refractivity contribution is 5.83. The molecule has 0 spiro atoms. The van der Waals surface area contributed by atoms with Crippen molar-refractivity contribution in [2.24, 2.45) is 0 Å². The van der Waals surface area contributed by atoms with Gasteiger partial charge >= 0.3 is 0 Å². The van der Waals surface area contributed by atoms with Gasteiger partial charge in [0.25, 0.3) is 0 Å². The van der Waals surface area contributed by atoms with Crippen molar-refractivity contribution in [1.82, 2.24) is 10.6 Å². The van der Waals surface area contributed by atoms with E-state index in [1.807, 2.05) is 0 Å². The van der Waals surface area contributed by atoms with Gasteiger partial charge < -0.3 is 10.6 Å². The number of rotatable bonds is 3. The van der Waals surface area contributed by atoms with Crippen LogP contribution in [0.15, 0.2) is 42.5 Å². The molecule has 94 valence electrons. The van der Waals surface area contributed by atoms with Crippen molar-refractivity contribution < 1.29 is 0 Å². The van der Waals surface area contributed by atoms with Crippen LogP contribution in [0.2, 0.25) is 0 Å². The molecule has 1 heterocycles. The second-order valence-corrected chi connectivity index (χ2v) is 5.08. The zero-order valence-corrected chi connectivity index (χ0v) is 10.8. The van der Waals surface area contributed by atoms with Crippen LogP contribution >= 0.6 is 0 Å². The standard InChI is InChI=1S/C16H20N2/c1-17-16(15-7-4-10-18-15)14-9-8-12-5-2-3-6-13(12)11-14/h2-3,5-6,8-9,11,15-18H,4,7,10H2,1H3. The SMILES string of the molecule is CNC(c1ccc2ccccc2c1)C1CCCN1. The molecule has 2 N–H and O–H groups in total. The quantitative estimate of drug-likeness (QED) is 0.862. The maximum absolute atomic E-state index is 3.59. The minimum absolute atomic E-state index is 0.414. The van der Waals surface area contributed by atoms with Gasteiger partial charge in [0.05, 0.1) is 0 Å². The van der Waals surface area contributed by atoms with E-state index in [-0.39, 0.29) is 0 Å². The normalized spacial score (nSPS) is 21.3. The summed E-state index contributed by atoms with van der Waals surface area (Å²) in [5.41, 5.74) is 1.38. The molecule has 1 aliphatic rings. The largest absolute Gasteiger partial charge is 0.312 e. The monoisotopic (exact) mass is 240 g/mol. The average Bonchev–Trinajstić information content (AvgIpc) is 2.93. The van der Waals surface area contributed by atoms with Gasteiger partial charge in [0, 0.05) is 12.1 Å². The molecule has 3 rings (SSSR count). The van der Waals surface area contributed by atoms with Crippen LogP contribution in [-0.2, 0) is 0 Å². The van der Waals surface area contributed by atoms with Gasteiger partial charge in [-0.15, -0.1) is 0 Å². The van der Waals surface area contributed by atoms with E-state index >= 15 is 0 Å². The summed E-state index contributed by atoms with van der Waals surface area (Å²) < 4.78 is 0. The second-order valence-electron chi connectivity index (χ2n) is 5.08. The number of likely N-dealkylation sites (N-methyl/N-ethyl adjacent to an activating group) is 1. The van der Waals surface area contributed by atoms with E-state index in [0.717, 1.165) is 6.54 Å². The molecule has 1 aliphatic heterocycles. The Morgan fingerprint density at radius 3 is 2.72 bits per heavy atom. The first-order chi connectivity index (χ1) is 8.88. The highest BCUT2D eigenvalue weighted by Gasteiger charge is 2.24. The highest BCUT2D eigenvalue weighted by atomic mass is 15.0. The number of benzene rings is 2. The molecule has 2 heteroatoms. The van der Waals surface area contributed by atoms with Crippen molar-refractivity contribution in [1.29, 1.82) is 0 Å². The lowest BCUT2D eigenvalue weighted by Crippen LogP contribution is -2.36. The zero-order chi connectivity index (χ0) is 12.4. The molecule has 1 saturated heterocycles. The van der Waals surface area contributed by atoms with Gasteiger partial charge in [0.2, 0.25) is 0 Å². The molecule has 2 atom stereocenters. The van der Waals surface area contributed by atoms with Gasteiger partial charge in [-0.1, -0.05) is 36.4 Å². The van der Waals surface area contributed by atoms with Crippen LogP contribution in [-0.4, -0.2) is 19.6 Å². The van der Waals surface area contributed by atoms with Crippen LogP contribution in [0.3, 0.4) is 0 Å². The summed E-state index contributed by atoms with van der Waals surface area (Å²) in [7, 11) is 2.06. The molecule has 18 heavy (non-hydrogen) atoms. The number of hydrogen-bond acceptors (Lipinski definition) is 2. The Kier molecular flexibility index (Phi) is 3.31. The summed E-state index contributed by atoms with van der Waals surface area (Å²) in [6, 6.07) is 16.3. The molecule has 1 fully saturated rings. The highest BCUT2D eigenvalue weighted by Crippen LogP contribution is 2.25. The van der Waals surface area contributed by atoms with Gasteiger partial charge in [0.15, 0.2) is 0 Å². The van der Waals surface area contributed by atoms with E-state index < -0.39 is 0 Å². The first-order valence-corrected chi connectivity index (χ1v) is 6.78. The lowest BCUT2D eigenvalue weighted by atomic mass is 9.96. The van der Waals surface area contributed by atoms with Gasteiger partial charge in [0.1, 0.15) is 0 Å². The van der Waals surface area contributed by atoms with Gasteiger partial charge in [-0.05, 0) is 48.8 Å². The lowest BCUT2D eigenvalue weighted by molar-refractivity contribution is 0.441. The molecular formula is C16H20N2. The Morgan fingerprint density at radius 2 is 2.00 bits per heavy atom. The Bertz CT molecular complexity index is 529. The van der Waals surface area contributed by atoms with Crippen molar-refractivity contribution in [2.45, 2.75) is 24.9 Å². The third kappa shape index (κ3) is 2.14. The topological polar surface area (TPSA) is 24.1 Å². The van der Waals surface area contributed by atoms with Gasteiger partial charge in [-0.25, -0.2) is 0 Å². The predicted molar refractivity (Wildman–Crippen MR) is 76.8 cm³/mol. The van der Waals surface area contributed by atoms with Crippen molar-refractivity contribution >= 4 is 10.8 Å². The van der Waals surface area contributed by atoms with Crippen molar-refractivity contribution in [2.75, 3.05) is 13.6 Å². The Morgan fingerprint density at radius 1 is 1.17 bits per heavy atom. The first-order valence-electron chi connectivity index (χ1n) is 6.78. The van der Waals surface area contributed by atoms with E-state index in [9.17, 15) is 0 Å². The Balaban J connectivity index is 1.96. The summed E-state index contributed by atoms with van der Waals surface area (Å²) in [6.45, 7) is 1.15. The second kappa shape index (κ2) is 5.09. The predicted octanol–water partition coefficient (Wildman–Crippen LogP) is 2.85. The minimum Gasteiger partial charge on any atom is -0.312 e. The summed E-state index contributed by atoms with van der Waals surface area (Å²) in [5.74, 6) is 0. The molecule has 0 bridgehead atoms. The molecule has 0 aliphatic carbocycles. The summed E-state index contributed by atoms with van der Waals surface area (Å²) in [5, 5.41) is 9.70. The third-order valence-corrected chi connectivity index (χ3v) is 3.94. The number of fused-ring (bicyclic) bond motifs is 1. The fourth-order valence-corrected chi connectivity index (χ4v) is 3.00. The first kappa shape index (κ1) is 11.7. The van der Waals surface area contributed by atoms with E-state index in [2.05, 4.69) is 60.1 Å². The van der Waals surface area contributed by atoms with Gasteiger partial charge in [-0.3, -0.25) is 0 Å². The minimum atomic E-state index is 0.414. The van der Waals surface area contributed by atoms with Gasteiger partial charge in [-0.2, -0.15) is 0 Å². The Labute approximate surface area is 108 Å². The smallest absolute Gasteiger partial charge is 0.0473 e. The molecule has 0 radical (unpaired) electrons. The molecule has 0 saturated carbocycles. The fraction of sp³-hybridized carbons (Fsp3) is 0.375. The van der Waals surface area contributed by atoms with E-state index in [1.54, 1.807) is 0 Å². The zero-order valence-electron chi connectivity index (χ0n) is 10.8. The van der Waals surface area contributed by atoms with E-state index in [1.165, 1.54) is 29.2 Å².